The van der Waals surface area contributed by atoms with Crippen LogP contribution in [-0.2, 0) is 16.6 Å². The van der Waals surface area contributed by atoms with Crippen LogP contribution in [0.15, 0.2) is 75.8 Å². The largest absolute Gasteiger partial charge is 0.463 e. The first-order chi connectivity index (χ1) is 16.4. The number of carbonyl (C=O) groups is 1. The smallest absolute Gasteiger partial charge is 0.338 e. The molecule has 0 saturated heterocycles. The molecular weight excluding hydrogens is 470 g/mol. The van der Waals surface area contributed by atoms with Gasteiger partial charge in [0, 0.05) is 34.7 Å². The van der Waals surface area contributed by atoms with Crippen molar-refractivity contribution >= 4 is 45.9 Å². The van der Waals surface area contributed by atoms with Gasteiger partial charge in [-0.2, -0.15) is 0 Å². The minimum Gasteiger partial charge on any atom is -0.463 e. The molecule has 1 aliphatic heterocycles. The van der Waals surface area contributed by atoms with Gasteiger partial charge in [0.05, 0.1) is 28.5 Å². The van der Waals surface area contributed by atoms with Crippen molar-refractivity contribution in [2.75, 3.05) is 6.61 Å². The normalized spacial score (nSPS) is 16.0. The standard InChI is InChI=1S/C26H22ClN3O3S/c1-4-33-25(32)22-15(2)28-26-30(23(22)16-9-11-18(27)12-10-16)24(31)21(34-26)13-17-14-29(3)20-8-6-5-7-19(17)20/h5-14,23H,4H2,1-3H3/b21-13-/t23-/m1/s1. The summed E-state index contributed by atoms with van der Waals surface area (Å²) in [6.07, 6.45) is 3.91. The Morgan fingerprint density at radius 3 is 2.68 bits per heavy atom. The molecule has 0 spiro atoms. The number of para-hydroxylation sites is 1. The predicted octanol–water partition coefficient (Wildman–Crippen LogP) is 3.94. The Bertz CT molecular complexity index is 1640. The molecule has 0 bridgehead atoms. The zero-order valence-corrected chi connectivity index (χ0v) is 20.5. The summed E-state index contributed by atoms with van der Waals surface area (Å²) >= 11 is 7.42. The number of nitrogens with zero attached hydrogens (tertiary/aromatic N) is 3. The van der Waals surface area contributed by atoms with E-state index in [4.69, 9.17) is 16.3 Å². The van der Waals surface area contributed by atoms with Gasteiger partial charge in [-0.1, -0.05) is 53.3 Å². The van der Waals surface area contributed by atoms with Crippen molar-refractivity contribution in [3.05, 3.63) is 102 Å². The van der Waals surface area contributed by atoms with Crippen LogP contribution in [0.25, 0.3) is 17.0 Å². The van der Waals surface area contributed by atoms with Crippen LogP contribution in [0, 0.1) is 0 Å². The van der Waals surface area contributed by atoms with Gasteiger partial charge < -0.3 is 9.30 Å². The summed E-state index contributed by atoms with van der Waals surface area (Å²) in [6, 6.07) is 14.6. The number of thiazole rings is 1. The fraction of sp³-hybridized carbons (Fsp3) is 0.192. The van der Waals surface area contributed by atoms with Crippen LogP contribution in [-0.4, -0.2) is 21.7 Å². The highest BCUT2D eigenvalue weighted by Crippen LogP contribution is 2.31. The van der Waals surface area contributed by atoms with E-state index < -0.39 is 12.0 Å². The van der Waals surface area contributed by atoms with Crippen LogP contribution in [0.4, 0.5) is 0 Å². The molecule has 3 heterocycles. The highest BCUT2D eigenvalue weighted by Gasteiger charge is 2.33. The Morgan fingerprint density at radius 2 is 1.94 bits per heavy atom. The quantitative estimate of drug-likeness (QED) is 0.406. The number of hydrogen-bond acceptors (Lipinski definition) is 5. The summed E-state index contributed by atoms with van der Waals surface area (Å²) in [7, 11) is 1.98. The first kappa shape index (κ1) is 22.4. The predicted molar refractivity (Wildman–Crippen MR) is 135 cm³/mol. The number of allylic oxidation sites excluding steroid dienone is 1. The molecule has 0 aliphatic carbocycles. The molecule has 0 unspecified atom stereocenters. The average molecular weight is 492 g/mol. The van der Waals surface area contributed by atoms with Crippen LogP contribution in [0.3, 0.4) is 0 Å². The zero-order chi connectivity index (χ0) is 24.0. The van der Waals surface area contributed by atoms with Gasteiger partial charge in [0.1, 0.15) is 0 Å². The maximum absolute atomic E-state index is 13.7. The van der Waals surface area contributed by atoms with Crippen LogP contribution >= 0.6 is 22.9 Å². The summed E-state index contributed by atoms with van der Waals surface area (Å²) in [5.41, 5.74) is 3.49. The molecule has 0 N–H and O–H groups in total. The summed E-state index contributed by atoms with van der Waals surface area (Å²) in [5, 5.41) is 1.64. The van der Waals surface area contributed by atoms with Crippen molar-refractivity contribution < 1.29 is 9.53 Å². The minimum absolute atomic E-state index is 0.203. The fourth-order valence-electron chi connectivity index (χ4n) is 4.38. The summed E-state index contributed by atoms with van der Waals surface area (Å²) in [4.78, 5) is 31.8. The SMILES string of the molecule is CCOC(=O)C1=C(C)N=c2s/c(=C\c3cn(C)c4ccccc34)c(=O)n2[C@@H]1c1ccc(Cl)cc1. The number of halogens is 1. The van der Waals surface area contributed by atoms with E-state index in [0.717, 1.165) is 22.0 Å². The molecule has 0 radical (unpaired) electrons. The number of aryl methyl sites for hydroxylation is 1. The Labute approximate surface area is 204 Å². The fourth-order valence-corrected chi connectivity index (χ4v) is 5.54. The number of fused-ring (bicyclic) bond motifs is 2. The lowest BCUT2D eigenvalue weighted by molar-refractivity contribution is -0.139. The monoisotopic (exact) mass is 491 g/mol. The third-order valence-electron chi connectivity index (χ3n) is 5.92. The number of rotatable bonds is 4. The first-order valence-electron chi connectivity index (χ1n) is 10.9. The molecular formula is C26H22ClN3O3S. The van der Waals surface area contributed by atoms with E-state index in [0.29, 0.717) is 25.6 Å². The van der Waals surface area contributed by atoms with Crippen LogP contribution in [0.1, 0.15) is 31.0 Å². The van der Waals surface area contributed by atoms with Crippen molar-refractivity contribution in [2.24, 2.45) is 12.0 Å². The van der Waals surface area contributed by atoms with Gasteiger partial charge in [-0.3, -0.25) is 9.36 Å². The van der Waals surface area contributed by atoms with E-state index in [1.165, 1.54) is 11.3 Å². The van der Waals surface area contributed by atoms with E-state index >= 15 is 0 Å². The second-order valence-corrected chi connectivity index (χ2v) is 9.51. The Kier molecular flexibility index (Phi) is 5.75. The lowest BCUT2D eigenvalue weighted by Gasteiger charge is -2.24. The van der Waals surface area contributed by atoms with Gasteiger partial charge in [-0.25, -0.2) is 9.79 Å². The van der Waals surface area contributed by atoms with Crippen molar-refractivity contribution in [1.29, 1.82) is 0 Å². The maximum Gasteiger partial charge on any atom is 0.338 e. The second kappa shape index (κ2) is 8.74. The molecule has 34 heavy (non-hydrogen) atoms. The first-order valence-corrected chi connectivity index (χ1v) is 12.1. The molecule has 0 amide bonds. The van der Waals surface area contributed by atoms with Gasteiger partial charge in [0.25, 0.3) is 5.56 Å². The lowest BCUT2D eigenvalue weighted by atomic mass is 9.96. The van der Waals surface area contributed by atoms with Crippen LogP contribution in [0.5, 0.6) is 0 Å². The van der Waals surface area contributed by atoms with Gasteiger partial charge in [0.15, 0.2) is 4.80 Å². The summed E-state index contributed by atoms with van der Waals surface area (Å²) in [6.45, 7) is 3.76. The molecule has 8 heteroatoms. The number of carbonyl (C=O) groups excluding carboxylic acids is 1. The van der Waals surface area contributed by atoms with Gasteiger partial charge >= 0.3 is 5.97 Å². The highest BCUT2D eigenvalue weighted by molar-refractivity contribution is 7.07. The second-order valence-electron chi connectivity index (χ2n) is 8.07. The van der Waals surface area contributed by atoms with Crippen LogP contribution in [0.2, 0.25) is 5.02 Å². The highest BCUT2D eigenvalue weighted by atomic mass is 35.5. The number of hydrogen-bond donors (Lipinski definition) is 0. The van der Waals surface area contributed by atoms with Gasteiger partial charge in [0.2, 0.25) is 0 Å². The Balaban J connectivity index is 1.75. The van der Waals surface area contributed by atoms with E-state index in [-0.39, 0.29) is 12.2 Å². The molecule has 172 valence electrons. The minimum atomic E-state index is -0.651. The van der Waals surface area contributed by atoms with E-state index in [9.17, 15) is 9.59 Å². The average Bonchev–Trinajstić information content (AvgIpc) is 3.30. The number of aromatic nitrogens is 2. The topological polar surface area (TPSA) is 65.6 Å². The van der Waals surface area contributed by atoms with Crippen molar-refractivity contribution in [1.82, 2.24) is 9.13 Å². The summed E-state index contributed by atoms with van der Waals surface area (Å²) in [5.74, 6) is -0.480. The number of ether oxygens (including phenoxy) is 1. The lowest BCUT2D eigenvalue weighted by Crippen LogP contribution is -2.39. The Hall–Kier alpha value is -3.42. The van der Waals surface area contributed by atoms with Gasteiger partial charge in [-0.15, -0.1) is 0 Å². The molecule has 0 saturated carbocycles. The molecule has 0 fully saturated rings. The summed E-state index contributed by atoms with van der Waals surface area (Å²) < 4.78 is 9.51. The molecule has 4 aromatic rings. The van der Waals surface area contributed by atoms with Crippen molar-refractivity contribution in [2.45, 2.75) is 19.9 Å². The van der Waals surface area contributed by atoms with E-state index in [1.807, 2.05) is 60.3 Å². The molecule has 1 atom stereocenters. The molecule has 6 nitrogen and oxygen atoms in total. The molecule has 2 aromatic carbocycles. The van der Waals surface area contributed by atoms with E-state index in [2.05, 4.69) is 4.99 Å². The molecule has 2 aromatic heterocycles. The van der Waals surface area contributed by atoms with Crippen molar-refractivity contribution in [3.8, 4) is 0 Å². The van der Waals surface area contributed by atoms with E-state index in [1.54, 1.807) is 30.5 Å². The number of benzene rings is 2. The van der Waals surface area contributed by atoms with Crippen LogP contribution < -0.4 is 14.9 Å². The number of esters is 1. The third kappa shape index (κ3) is 3.71. The zero-order valence-electron chi connectivity index (χ0n) is 18.9. The van der Waals surface area contributed by atoms with Gasteiger partial charge in [-0.05, 0) is 43.7 Å². The Morgan fingerprint density at radius 1 is 1.21 bits per heavy atom. The molecule has 1 aliphatic rings. The third-order valence-corrected chi connectivity index (χ3v) is 7.15. The molecule has 5 rings (SSSR count). The van der Waals surface area contributed by atoms with Crippen molar-refractivity contribution in [3.63, 3.8) is 0 Å². The maximum atomic E-state index is 13.7.